The molecule has 0 amide bonds. The molecule has 0 unspecified atom stereocenters. The Kier molecular flexibility index (Phi) is 9.29. The van der Waals surface area contributed by atoms with Gasteiger partial charge in [0, 0.05) is 11.7 Å². The van der Waals surface area contributed by atoms with Gasteiger partial charge in [0.1, 0.15) is 0 Å². The van der Waals surface area contributed by atoms with Crippen molar-refractivity contribution >= 4 is 17.8 Å². The monoisotopic (exact) mass is 493 g/mol. The third-order valence-electron chi connectivity index (χ3n) is 5.94. The second-order valence-corrected chi connectivity index (χ2v) is 9.11. The fourth-order valence-electron chi connectivity index (χ4n) is 4.11. The number of nitrogens with one attached hydrogen (secondary N) is 1. The normalized spacial score (nSPS) is 12.2. The van der Waals surface area contributed by atoms with Gasteiger partial charge in [0.2, 0.25) is 0 Å². The molecular weight excluding hydrogens is 462 g/mol. The number of rotatable bonds is 10. The highest BCUT2D eigenvalue weighted by molar-refractivity contribution is 5.62. The molecule has 0 aliphatic rings. The third-order valence-corrected chi connectivity index (χ3v) is 5.94. The molecule has 3 aromatic carbocycles. The SMILES string of the molecule is C=C(NC(C/C(C)=C\c1ccc(F)c(F)c1)C/C(C)=C\c1ccc(F)c(F)c1)c1ccc(CC)cc1. The molecule has 0 spiro atoms. The van der Waals surface area contributed by atoms with Crippen LogP contribution in [0.3, 0.4) is 0 Å². The maximum absolute atomic E-state index is 13.7. The van der Waals surface area contributed by atoms with Gasteiger partial charge < -0.3 is 5.32 Å². The van der Waals surface area contributed by atoms with Crippen molar-refractivity contribution in [3.05, 3.63) is 124 Å². The summed E-state index contributed by atoms with van der Waals surface area (Å²) in [5.74, 6) is -3.54. The van der Waals surface area contributed by atoms with Crippen LogP contribution in [0.15, 0.2) is 78.4 Å². The van der Waals surface area contributed by atoms with Gasteiger partial charge in [0.15, 0.2) is 23.3 Å². The maximum Gasteiger partial charge on any atom is 0.159 e. The molecular formula is C31H31F4N. The van der Waals surface area contributed by atoms with Crippen molar-refractivity contribution in [2.24, 2.45) is 0 Å². The molecule has 1 nitrogen and oxygen atoms in total. The maximum atomic E-state index is 13.7. The van der Waals surface area contributed by atoms with Crippen molar-refractivity contribution in [3.8, 4) is 0 Å². The summed E-state index contributed by atoms with van der Waals surface area (Å²) in [6.45, 7) is 10.2. The molecule has 0 atom stereocenters. The molecule has 0 saturated carbocycles. The van der Waals surface area contributed by atoms with Crippen molar-refractivity contribution in [1.29, 1.82) is 0 Å². The summed E-state index contributed by atoms with van der Waals surface area (Å²) in [7, 11) is 0. The fourth-order valence-corrected chi connectivity index (χ4v) is 4.11. The van der Waals surface area contributed by atoms with Gasteiger partial charge in [-0.2, -0.15) is 0 Å². The number of halogens is 4. The highest BCUT2D eigenvalue weighted by atomic mass is 19.2. The van der Waals surface area contributed by atoms with Gasteiger partial charge in [-0.15, -0.1) is 0 Å². The molecule has 0 radical (unpaired) electrons. The topological polar surface area (TPSA) is 12.0 Å². The Morgan fingerprint density at radius 1 is 0.750 bits per heavy atom. The van der Waals surface area contributed by atoms with Crippen molar-refractivity contribution < 1.29 is 17.6 Å². The summed E-state index contributed by atoms with van der Waals surface area (Å²) in [6.07, 6.45) is 5.81. The first-order valence-electron chi connectivity index (χ1n) is 11.9. The van der Waals surface area contributed by atoms with E-state index in [1.54, 1.807) is 0 Å². The van der Waals surface area contributed by atoms with Crippen molar-refractivity contribution in [1.82, 2.24) is 5.32 Å². The van der Waals surface area contributed by atoms with E-state index >= 15 is 0 Å². The van der Waals surface area contributed by atoms with E-state index < -0.39 is 23.3 Å². The lowest BCUT2D eigenvalue weighted by molar-refractivity contribution is 0.508. The van der Waals surface area contributed by atoms with Crippen molar-refractivity contribution in [2.75, 3.05) is 0 Å². The number of hydrogen-bond donors (Lipinski definition) is 1. The van der Waals surface area contributed by atoms with Crippen LogP contribution in [0.1, 0.15) is 55.9 Å². The molecule has 36 heavy (non-hydrogen) atoms. The van der Waals surface area contributed by atoms with E-state index in [-0.39, 0.29) is 6.04 Å². The minimum Gasteiger partial charge on any atom is -0.382 e. The molecule has 3 rings (SSSR count). The Morgan fingerprint density at radius 3 is 1.64 bits per heavy atom. The lowest BCUT2D eigenvalue weighted by Crippen LogP contribution is -2.28. The van der Waals surface area contributed by atoms with Crippen LogP contribution in [-0.2, 0) is 6.42 Å². The Balaban J connectivity index is 1.82. The van der Waals surface area contributed by atoms with E-state index in [2.05, 4.69) is 31.0 Å². The van der Waals surface area contributed by atoms with Gasteiger partial charge >= 0.3 is 0 Å². The molecule has 1 N–H and O–H groups in total. The second-order valence-electron chi connectivity index (χ2n) is 9.11. The van der Waals surface area contributed by atoms with Crippen LogP contribution in [-0.4, -0.2) is 6.04 Å². The number of hydrogen-bond acceptors (Lipinski definition) is 1. The smallest absolute Gasteiger partial charge is 0.159 e. The lowest BCUT2D eigenvalue weighted by atomic mass is 9.97. The number of aryl methyl sites for hydroxylation is 1. The minimum atomic E-state index is -0.888. The Hall–Kier alpha value is -3.60. The first-order chi connectivity index (χ1) is 17.1. The van der Waals surface area contributed by atoms with Gasteiger partial charge in [0.25, 0.3) is 0 Å². The summed E-state index contributed by atoms with van der Waals surface area (Å²) >= 11 is 0. The molecule has 0 heterocycles. The Bertz CT molecular complexity index is 1200. The van der Waals surface area contributed by atoms with Crippen LogP contribution in [0, 0.1) is 23.3 Å². The molecule has 0 aromatic heterocycles. The molecule has 0 aliphatic carbocycles. The largest absolute Gasteiger partial charge is 0.382 e. The molecule has 0 bridgehead atoms. The van der Waals surface area contributed by atoms with Crippen LogP contribution >= 0.6 is 0 Å². The van der Waals surface area contributed by atoms with E-state index in [0.717, 1.165) is 41.0 Å². The van der Waals surface area contributed by atoms with E-state index in [9.17, 15) is 17.6 Å². The zero-order chi connectivity index (χ0) is 26.2. The zero-order valence-corrected chi connectivity index (χ0v) is 20.8. The zero-order valence-electron chi connectivity index (χ0n) is 20.8. The second kappa shape index (κ2) is 12.4. The van der Waals surface area contributed by atoms with Crippen LogP contribution in [0.4, 0.5) is 17.6 Å². The van der Waals surface area contributed by atoms with Crippen molar-refractivity contribution in [2.45, 2.75) is 46.1 Å². The van der Waals surface area contributed by atoms with E-state index in [4.69, 9.17) is 0 Å². The van der Waals surface area contributed by atoms with E-state index in [0.29, 0.717) is 24.0 Å². The minimum absolute atomic E-state index is 0.0774. The lowest BCUT2D eigenvalue weighted by Gasteiger charge is -2.23. The number of benzene rings is 3. The molecule has 0 aliphatic heterocycles. The van der Waals surface area contributed by atoms with E-state index in [1.165, 1.54) is 29.8 Å². The average molecular weight is 494 g/mol. The third kappa shape index (κ3) is 7.70. The summed E-state index contributed by atoms with van der Waals surface area (Å²) in [6, 6.07) is 15.7. The summed E-state index contributed by atoms with van der Waals surface area (Å²) in [5, 5.41) is 3.50. The Labute approximate surface area is 210 Å². The average Bonchev–Trinajstić information content (AvgIpc) is 2.83. The first-order valence-corrected chi connectivity index (χ1v) is 11.9. The van der Waals surface area contributed by atoms with Crippen LogP contribution in [0.25, 0.3) is 17.8 Å². The molecule has 5 heteroatoms. The van der Waals surface area contributed by atoms with Gasteiger partial charge in [-0.25, -0.2) is 17.6 Å². The van der Waals surface area contributed by atoms with Gasteiger partial charge in [-0.05, 0) is 79.6 Å². The molecule has 0 saturated heterocycles. The van der Waals surface area contributed by atoms with Crippen LogP contribution in [0.5, 0.6) is 0 Å². The van der Waals surface area contributed by atoms with Crippen molar-refractivity contribution in [3.63, 3.8) is 0 Å². The fraction of sp³-hybridized carbons (Fsp3) is 0.226. The molecule has 0 fully saturated rings. The summed E-state index contributed by atoms with van der Waals surface area (Å²) < 4.78 is 53.9. The van der Waals surface area contributed by atoms with Gasteiger partial charge in [0.05, 0.1) is 0 Å². The Morgan fingerprint density at radius 2 is 1.22 bits per heavy atom. The highest BCUT2D eigenvalue weighted by Gasteiger charge is 2.13. The van der Waals surface area contributed by atoms with Crippen LogP contribution in [0.2, 0.25) is 0 Å². The summed E-state index contributed by atoms with van der Waals surface area (Å²) in [5.41, 5.74) is 6.06. The molecule has 3 aromatic rings. The van der Waals surface area contributed by atoms with Gasteiger partial charge in [-0.3, -0.25) is 0 Å². The molecule has 188 valence electrons. The van der Waals surface area contributed by atoms with Gasteiger partial charge in [-0.1, -0.05) is 73.2 Å². The predicted octanol–water partition coefficient (Wildman–Crippen LogP) is 8.72. The first kappa shape index (κ1) is 27.0. The summed E-state index contributed by atoms with van der Waals surface area (Å²) in [4.78, 5) is 0. The quantitative estimate of drug-likeness (QED) is 0.279. The predicted molar refractivity (Wildman–Crippen MR) is 141 cm³/mol. The van der Waals surface area contributed by atoms with Crippen LogP contribution < -0.4 is 5.32 Å². The standard InChI is InChI=1S/C31H31F4N/c1-5-23-6-10-26(11-7-23)22(4)36-27(16-20(2)14-24-8-12-28(32)30(34)18-24)17-21(3)15-25-9-13-29(33)31(35)19-25/h6-15,18-19,27,36H,4-5,16-17H2,1-3H3/b20-14-,21-15-. The highest BCUT2D eigenvalue weighted by Crippen LogP contribution is 2.22. The van der Waals surface area contributed by atoms with E-state index in [1.807, 2.05) is 38.1 Å².